The van der Waals surface area contributed by atoms with E-state index < -0.39 is 0 Å². The van der Waals surface area contributed by atoms with Crippen LogP contribution in [0.1, 0.15) is 13.8 Å². The lowest BCUT2D eigenvalue weighted by atomic mass is 10.1. The molecule has 0 saturated carbocycles. The molecule has 4 N–H and O–H groups in total. The first-order valence-corrected chi connectivity index (χ1v) is 8.10. The van der Waals surface area contributed by atoms with Gasteiger partial charge in [0, 0.05) is 23.4 Å². The van der Waals surface area contributed by atoms with Crippen LogP contribution in [0.2, 0.25) is 0 Å². The number of hydrogen-bond acceptors (Lipinski definition) is 6. The predicted octanol–water partition coefficient (Wildman–Crippen LogP) is 3.91. The van der Waals surface area contributed by atoms with Crippen LogP contribution in [0, 0.1) is 0 Å². The molecule has 0 unspecified atom stereocenters. The van der Waals surface area contributed by atoms with E-state index in [0.717, 1.165) is 21.1 Å². The Morgan fingerprint density at radius 2 is 2.08 bits per heavy atom. The van der Waals surface area contributed by atoms with Gasteiger partial charge in [-0.05, 0) is 49.4 Å². The molecule has 0 bridgehead atoms. The highest BCUT2D eigenvalue weighted by Gasteiger charge is 2.11. The lowest BCUT2D eigenvalue weighted by Crippen LogP contribution is -2.03. The lowest BCUT2D eigenvalue weighted by Gasteiger charge is -2.14. The normalized spacial score (nSPS) is 12.1. The Bertz CT molecular complexity index is 785. The molecule has 2 heterocycles. The molecule has 2 aromatic rings. The summed E-state index contributed by atoms with van der Waals surface area (Å²) in [7, 11) is 0. The van der Waals surface area contributed by atoms with E-state index in [2.05, 4.69) is 16.5 Å². The van der Waals surface area contributed by atoms with Gasteiger partial charge >= 0.3 is 0 Å². The summed E-state index contributed by atoms with van der Waals surface area (Å²) in [6, 6.07) is 7.57. The maximum absolute atomic E-state index is 5.95. The maximum Gasteiger partial charge on any atom is 0.170 e. The van der Waals surface area contributed by atoms with Crippen LogP contribution in [0.25, 0.3) is 0 Å². The Labute approximate surface area is 146 Å². The van der Waals surface area contributed by atoms with E-state index in [0.29, 0.717) is 17.3 Å². The number of ether oxygens (including phenoxy) is 1. The van der Waals surface area contributed by atoms with E-state index in [1.54, 1.807) is 18.5 Å². The fourth-order valence-corrected chi connectivity index (χ4v) is 2.71. The van der Waals surface area contributed by atoms with Crippen LogP contribution < -0.4 is 16.2 Å². The third-order valence-corrected chi connectivity index (χ3v) is 3.93. The molecule has 2 aromatic heterocycles. The fraction of sp³-hybridized carbons (Fsp3) is 0.111. The molecular formula is C18H20N4OS. The van der Waals surface area contributed by atoms with Crippen molar-refractivity contribution in [2.24, 2.45) is 5.73 Å². The van der Waals surface area contributed by atoms with E-state index >= 15 is 0 Å². The number of aromatic nitrogens is 2. The highest BCUT2D eigenvalue weighted by molar-refractivity contribution is 7.99. The molecule has 0 amide bonds. The third-order valence-electron chi connectivity index (χ3n) is 3.02. The smallest absolute Gasteiger partial charge is 0.170 e. The topological polar surface area (TPSA) is 87.0 Å². The van der Waals surface area contributed by atoms with Crippen LogP contribution in [0.5, 0.6) is 5.75 Å². The quantitative estimate of drug-likeness (QED) is 0.612. The second-order valence-electron chi connectivity index (χ2n) is 5.08. The van der Waals surface area contributed by atoms with Gasteiger partial charge in [0.1, 0.15) is 10.8 Å². The number of rotatable bonds is 6. The first-order chi connectivity index (χ1) is 11.5. The van der Waals surface area contributed by atoms with E-state index in [1.165, 1.54) is 18.0 Å². The Balaban J connectivity index is 2.31. The van der Waals surface area contributed by atoms with Crippen LogP contribution in [0.4, 0.5) is 5.82 Å². The number of anilines is 1. The molecule has 0 atom stereocenters. The lowest BCUT2D eigenvalue weighted by molar-refractivity contribution is 0.431. The van der Waals surface area contributed by atoms with E-state index in [1.807, 2.05) is 38.1 Å². The largest absolute Gasteiger partial charge is 0.453 e. The number of pyridine rings is 2. The molecule has 124 valence electrons. The molecule has 6 heteroatoms. The first kappa shape index (κ1) is 17.6. The molecule has 0 radical (unpaired) electrons. The molecule has 0 aliphatic carbocycles. The highest BCUT2D eigenvalue weighted by Crippen LogP contribution is 2.32. The van der Waals surface area contributed by atoms with Gasteiger partial charge in [-0.3, -0.25) is 0 Å². The number of allylic oxidation sites excluding steroid dienone is 3. The number of nitrogens with zero attached hydrogens (tertiary/aromatic N) is 2. The minimum absolute atomic E-state index is 0.309. The van der Waals surface area contributed by atoms with Crippen LogP contribution in [-0.4, -0.2) is 9.97 Å². The van der Waals surface area contributed by atoms with Crippen molar-refractivity contribution in [1.29, 1.82) is 0 Å². The molecule has 5 nitrogen and oxygen atoms in total. The van der Waals surface area contributed by atoms with Gasteiger partial charge in [0.25, 0.3) is 0 Å². The number of hydrogen-bond donors (Lipinski definition) is 2. The molecule has 24 heavy (non-hydrogen) atoms. The van der Waals surface area contributed by atoms with E-state index in [4.69, 9.17) is 16.2 Å². The minimum Gasteiger partial charge on any atom is -0.453 e. The average Bonchev–Trinajstić information content (AvgIpc) is 2.56. The Kier molecular flexibility index (Phi) is 6.03. The van der Waals surface area contributed by atoms with Gasteiger partial charge in [0.05, 0.1) is 0 Å². The van der Waals surface area contributed by atoms with E-state index in [9.17, 15) is 0 Å². The van der Waals surface area contributed by atoms with Crippen molar-refractivity contribution < 1.29 is 4.74 Å². The van der Waals surface area contributed by atoms with Gasteiger partial charge < -0.3 is 16.2 Å². The molecule has 2 rings (SSSR count). The minimum atomic E-state index is 0.309. The van der Waals surface area contributed by atoms with Gasteiger partial charge in [-0.25, -0.2) is 9.97 Å². The van der Waals surface area contributed by atoms with Crippen LogP contribution in [0.15, 0.2) is 82.3 Å². The molecule has 0 fully saturated rings. The Morgan fingerprint density at radius 3 is 2.71 bits per heavy atom. The van der Waals surface area contributed by atoms with Gasteiger partial charge in [-0.15, -0.1) is 0 Å². The summed E-state index contributed by atoms with van der Waals surface area (Å²) < 4.78 is 5.95. The standard InChI is InChI=1S/C18H20N4OS/c1-12(2)17(13(3)7-8-19)23-15-10-14(11-22-18(15)20)24-16-6-4-5-9-21-16/h4-11H,1,19H2,2-3H3,(H2,20,22)/b8-7-,17-13+. The first-order valence-electron chi connectivity index (χ1n) is 7.28. The van der Waals surface area contributed by atoms with Crippen LogP contribution in [0.3, 0.4) is 0 Å². The summed E-state index contributed by atoms with van der Waals surface area (Å²) in [5.41, 5.74) is 13.0. The summed E-state index contributed by atoms with van der Waals surface area (Å²) >= 11 is 1.48. The molecule has 0 aromatic carbocycles. The molecular weight excluding hydrogens is 320 g/mol. The van der Waals surface area contributed by atoms with Gasteiger partial charge in [-0.2, -0.15) is 0 Å². The van der Waals surface area contributed by atoms with Crippen molar-refractivity contribution in [3.05, 3.63) is 72.4 Å². The second-order valence-corrected chi connectivity index (χ2v) is 6.17. The Morgan fingerprint density at radius 1 is 1.29 bits per heavy atom. The van der Waals surface area contributed by atoms with Crippen molar-refractivity contribution in [1.82, 2.24) is 9.97 Å². The summed E-state index contributed by atoms with van der Waals surface area (Å²) in [4.78, 5) is 9.37. The second kappa shape index (κ2) is 8.21. The van der Waals surface area contributed by atoms with Crippen molar-refractivity contribution >= 4 is 17.6 Å². The van der Waals surface area contributed by atoms with Crippen LogP contribution >= 0.6 is 11.8 Å². The zero-order valence-electron chi connectivity index (χ0n) is 13.7. The maximum atomic E-state index is 5.95. The third kappa shape index (κ3) is 4.63. The summed E-state index contributed by atoms with van der Waals surface area (Å²) in [6.45, 7) is 7.69. The highest BCUT2D eigenvalue weighted by atomic mass is 32.2. The number of nitrogen functional groups attached to an aromatic ring is 1. The van der Waals surface area contributed by atoms with Crippen molar-refractivity contribution in [3.63, 3.8) is 0 Å². The van der Waals surface area contributed by atoms with Crippen molar-refractivity contribution in [2.75, 3.05) is 5.73 Å². The molecule has 0 aliphatic heterocycles. The van der Waals surface area contributed by atoms with E-state index in [-0.39, 0.29) is 0 Å². The zero-order valence-corrected chi connectivity index (χ0v) is 14.5. The zero-order chi connectivity index (χ0) is 17.5. The molecule has 0 aliphatic rings. The SMILES string of the molecule is C=C(C)/C(Oc1cc(Sc2ccccn2)cnc1N)=C(C)\C=C/N. The summed E-state index contributed by atoms with van der Waals surface area (Å²) in [5.74, 6) is 1.40. The molecule has 0 saturated heterocycles. The van der Waals surface area contributed by atoms with Crippen molar-refractivity contribution in [2.45, 2.75) is 23.8 Å². The monoisotopic (exact) mass is 340 g/mol. The predicted molar refractivity (Wildman–Crippen MR) is 98.5 cm³/mol. The summed E-state index contributed by atoms with van der Waals surface area (Å²) in [6.07, 6.45) is 6.64. The summed E-state index contributed by atoms with van der Waals surface area (Å²) in [5, 5.41) is 0.868. The molecule has 0 spiro atoms. The number of nitrogens with two attached hydrogens (primary N) is 2. The average molecular weight is 340 g/mol. The fourth-order valence-electron chi connectivity index (χ4n) is 1.94. The van der Waals surface area contributed by atoms with Gasteiger partial charge in [0.15, 0.2) is 11.6 Å². The van der Waals surface area contributed by atoms with Crippen molar-refractivity contribution in [3.8, 4) is 5.75 Å². The Hall–Kier alpha value is -2.73. The van der Waals surface area contributed by atoms with Crippen LogP contribution in [-0.2, 0) is 0 Å². The van der Waals surface area contributed by atoms with Gasteiger partial charge in [-0.1, -0.05) is 24.4 Å². The van der Waals surface area contributed by atoms with Gasteiger partial charge in [0.2, 0.25) is 0 Å².